The number of carbonyl (C=O) groups is 4. The van der Waals surface area contributed by atoms with Crippen LogP contribution in [0.3, 0.4) is 0 Å². The minimum absolute atomic E-state index is 0.0879. The Morgan fingerprint density at radius 3 is 1.07 bits per heavy atom. The molecular formula is C60H45N5O6. The lowest BCUT2D eigenvalue weighted by Crippen LogP contribution is -2.31. The fourth-order valence-electron chi connectivity index (χ4n) is 9.59. The van der Waals surface area contributed by atoms with Crippen molar-refractivity contribution in [2.45, 2.75) is 6.54 Å². The molecule has 0 saturated carbocycles. The van der Waals surface area contributed by atoms with Crippen molar-refractivity contribution in [3.63, 3.8) is 0 Å². The van der Waals surface area contributed by atoms with Gasteiger partial charge in [0.15, 0.2) is 0 Å². The van der Waals surface area contributed by atoms with Crippen LogP contribution in [-0.2, 0) is 6.54 Å². The molecule has 0 bridgehead atoms. The van der Waals surface area contributed by atoms with Crippen molar-refractivity contribution < 1.29 is 24.1 Å². The maximum atomic E-state index is 14.7. The number of nitro benzene ring substituents is 1. The molecule has 10 aromatic carbocycles. The molecule has 0 spiro atoms. The number of anilines is 4. The standard InChI is InChI=1S/C60H45N5O6/c1-61(57(66)49-31-35-54(46-27-15-11-23-42(46)49)62(2)59(68)51-33-37-56(65(70)71)48-29-17-13-25-44(48)51)53-34-30-50(41-22-10-14-26-45(41)53)58(67)63(3)55-36-32-52(43-24-12-16-28-47(43)55)60(69)64(40-20-8-5-9-21-40)38-39-18-6-4-7-19-39/h4-37H,38H2,1-3H3. The summed E-state index contributed by atoms with van der Waals surface area (Å²) >= 11 is 0. The van der Waals surface area contributed by atoms with E-state index in [0.29, 0.717) is 83.6 Å². The highest BCUT2D eigenvalue weighted by molar-refractivity contribution is 6.24. The third-order valence-electron chi connectivity index (χ3n) is 13.2. The van der Waals surface area contributed by atoms with E-state index in [0.717, 1.165) is 16.6 Å². The Balaban J connectivity index is 0.949. The summed E-state index contributed by atoms with van der Waals surface area (Å²) in [4.78, 5) is 76.0. The van der Waals surface area contributed by atoms with E-state index < -0.39 is 4.92 Å². The number of amides is 4. The first kappa shape index (κ1) is 45.3. The molecule has 0 fully saturated rings. The first-order valence-corrected chi connectivity index (χ1v) is 23.0. The number of benzene rings is 10. The van der Waals surface area contributed by atoms with E-state index >= 15 is 0 Å². The predicted molar refractivity (Wildman–Crippen MR) is 284 cm³/mol. The van der Waals surface area contributed by atoms with Crippen LogP contribution < -0.4 is 19.6 Å². The molecule has 346 valence electrons. The Labute approximate surface area is 409 Å². The number of rotatable bonds is 11. The van der Waals surface area contributed by atoms with Crippen LogP contribution in [0, 0.1) is 10.1 Å². The molecule has 0 aliphatic heterocycles. The molecular weight excluding hydrogens is 887 g/mol. The summed E-state index contributed by atoms with van der Waals surface area (Å²) in [7, 11) is 5.07. The Morgan fingerprint density at radius 1 is 0.366 bits per heavy atom. The lowest BCUT2D eigenvalue weighted by atomic mass is 9.98. The van der Waals surface area contributed by atoms with E-state index in [1.165, 1.54) is 17.0 Å². The van der Waals surface area contributed by atoms with Gasteiger partial charge >= 0.3 is 0 Å². The van der Waals surface area contributed by atoms with Crippen molar-refractivity contribution in [2.24, 2.45) is 0 Å². The fraction of sp³-hybridized carbons (Fsp3) is 0.0667. The first-order valence-electron chi connectivity index (χ1n) is 23.0. The van der Waals surface area contributed by atoms with Gasteiger partial charge in [0.2, 0.25) is 0 Å². The Morgan fingerprint density at radius 2 is 0.676 bits per heavy atom. The lowest BCUT2D eigenvalue weighted by Gasteiger charge is -2.26. The minimum Gasteiger partial charge on any atom is -0.311 e. The van der Waals surface area contributed by atoms with Crippen molar-refractivity contribution in [2.75, 3.05) is 40.7 Å². The number of fused-ring (bicyclic) bond motifs is 4. The topological polar surface area (TPSA) is 124 Å². The van der Waals surface area contributed by atoms with Crippen LogP contribution in [0.5, 0.6) is 0 Å². The summed E-state index contributed by atoms with van der Waals surface area (Å²) in [5.74, 6) is -1.12. The molecule has 10 aromatic rings. The third-order valence-corrected chi connectivity index (χ3v) is 13.2. The van der Waals surface area contributed by atoms with Crippen molar-refractivity contribution in [1.29, 1.82) is 0 Å². The van der Waals surface area contributed by atoms with Crippen molar-refractivity contribution in [3.05, 3.63) is 244 Å². The van der Waals surface area contributed by atoms with E-state index in [-0.39, 0.29) is 29.3 Å². The van der Waals surface area contributed by atoms with Crippen LogP contribution in [0.15, 0.2) is 206 Å². The van der Waals surface area contributed by atoms with Crippen LogP contribution in [0.1, 0.15) is 47.0 Å². The average Bonchev–Trinajstić information content (AvgIpc) is 3.42. The average molecular weight is 932 g/mol. The number of nitro groups is 1. The largest absolute Gasteiger partial charge is 0.311 e. The van der Waals surface area contributed by atoms with Crippen LogP contribution in [0.4, 0.5) is 28.4 Å². The van der Waals surface area contributed by atoms with Gasteiger partial charge in [-0.2, -0.15) is 0 Å². The predicted octanol–water partition coefficient (Wildman–Crippen LogP) is 12.9. The van der Waals surface area contributed by atoms with Gasteiger partial charge in [-0.1, -0.05) is 140 Å². The zero-order chi connectivity index (χ0) is 49.3. The first-order chi connectivity index (χ1) is 34.5. The van der Waals surface area contributed by atoms with Crippen molar-refractivity contribution in [1.82, 2.24) is 0 Å². The molecule has 10 rings (SSSR count). The number of nitrogens with zero attached hydrogens (tertiary/aromatic N) is 5. The highest BCUT2D eigenvalue weighted by Crippen LogP contribution is 2.37. The third kappa shape index (κ3) is 8.25. The Hall–Kier alpha value is -9.48. The van der Waals surface area contributed by atoms with Crippen molar-refractivity contribution >= 4 is 95.2 Å². The molecule has 11 heteroatoms. The maximum absolute atomic E-state index is 14.7. The van der Waals surface area contributed by atoms with E-state index in [4.69, 9.17) is 0 Å². The second-order valence-electron chi connectivity index (χ2n) is 17.3. The van der Waals surface area contributed by atoms with Gasteiger partial charge in [-0.05, 0) is 82.4 Å². The van der Waals surface area contributed by atoms with Gasteiger partial charge in [0.05, 0.1) is 33.9 Å². The maximum Gasteiger partial charge on any atom is 0.277 e. The molecule has 0 atom stereocenters. The second kappa shape index (κ2) is 18.9. The minimum atomic E-state index is -0.460. The molecule has 0 radical (unpaired) electrons. The number of carbonyl (C=O) groups excluding carboxylic acids is 4. The summed E-state index contributed by atoms with van der Waals surface area (Å²) < 4.78 is 0. The molecule has 0 saturated heterocycles. The molecule has 0 unspecified atom stereocenters. The Bertz CT molecular complexity index is 3770. The van der Waals surface area contributed by atoms with Gasteiger partial charge in [0.25, 0.3) is 29.3 Å². The van der Waals surface area contributed by atoms with Crippen LogP contribution in [0.2, 0.25) is 0 Å². The lowest BCUT2D eigenvalue weighted by molar-refractivity contribution is -0.383. The van der Waals surface area contributed by atoms with Crippen molar-refractivity contribution in [3.8, 4) is 0 Å². The summed E-state index contributed by atoms with van der Waals surface area (Å²) in [5, 5.41) is 16.7. The van der Waals surface area contributed by atoms with E-state index in [2.05, 4.69) is 0 Å². The van der Waals surface area contributed by atoms with E-state index in [9.17, 15) is 29.3 Å². The van der Waals surface area contributed by atoms with Crippen LogP contribution in [0.25, 0.3) is 43.1 Å². The summed E-state index contributed by atoms with van der Waals surface area (Å²) in [5.41, 5.74) is 5.07. The molecule has 0 heterocycles. The normalized spacial score (nSPS) is 11.1. The molecule has 71 heavy (non-hydrogen) atoms. The molecule has 0 N–H and O–H groups in total. The number of para-hydroxylation sites is 1. The van der Waals surface area contributed by atoms with E-state index in [1.807, 2.05) is 140 Å². The fourth-order valence-corrected chi connectivity index (χ4v) is 9.59. The van der Waals surface area contributed by atoms with Gasteiger partial charge in [-0.3, -0.25) is 29.3 Å². The molecule has 4 amide bonds. The van der Waals surface area contributed by atoms with Gasteiger partial charge in [-0.15, -0.1) is 0 Å². The second-order valence-corrected chi connectivity index (χ2v) is 17.3. The number of non-ortho nitro benzene ring substituents is 1. The molecule has 0 aromatic heterocycles. The van der Waals surface area contributed by atoms with Crippen LogP contribution in [-0.4, -0.2) is 49.7 Å². The smallest absolute Gasteiger partial charge is 0.277 e. The van der Waals surface area contributed by atoms with Gasteiger partial charge in [0.1, 0.15) is 0 Å². The van der Waals surface area contributed by atoms with Gasteiger partial charge in [0, 0.05) is 76.7 Å². The Kier molecular flexibility index (Phi) is 12.1. The summed E-state index contributed by atoms with van der Waals surface area (Å²) in [6.07, 6.45) is 0. The zero-order valence-electron chi connectivity index (χ0n) is 39.0. The SMILES string of the molecule is CN(C(=O)c1ccc(N(C)C(=O)c2ccc([N+](=O)[O-])c3ccccc23)c2ccccc12)c1ccc(C(=O)N(C)c2ccc(C(=O)N(Cc3ccccc3)c3ccccc3)c3ccccc23)c2ccccc12. The molecule has 0 aliphatic carbocycles. The number of hydrogen-bond acceptors (Lipinski definition) is 6. The quantitative estimate of drug-likeness (QED) is 0.0939. The number of hydrogen-bond donors (Lipinski definition) is 0. The zero-order valence-corrected chi connectivity index (χ0v) is 39.0. The van der Waals surface area contributed by atoms with Crippen LogP contribution >= 0.6 is 0 Å². The summed E-state index contributed by atoms with van der Waals surface area (Å²) in [6, 6.07) is 62.1. The highest BCUT2D eigenvalue weighted by atomic mass is 16.6. The summed E-state index contributed by atoms with van der Waals surface area (Å²) in [6.45, 7) is 0.371. The van der Waals surface area contributed by atoms with Gasteiger partial charge < -0.3 is 19.6 Å². The monoisotopic (exact) mass is 931 g/mol. The molecule has 0 aliphatic rings. The molecule has 11 nitrogen and oxygen atoms in total. The van der Waals surface area contributed by atoms with E-state index in [1.54, 1.807) is 90.4 Å². The highest BCUT2D eigenvalue weighted by Gasteiger charge is 2.27. The van der Waals surface area contributed by atoms with Gasteiger partial charge in [-0.25, -0.2) is 0 Å².